The molecule has 3 heteroatoms. The molecule has 1 aromatic carbocycles. The molecule has 0 spiro atoms. The standard InChI is InChI=1S/C14H21NO2/c1-4-17-13(16)9-11-5-7-12(8-6-11)10-14(2,3)15/h5-8H,4,9-10,15H2,1-3H3. The molecule has 0 atom stereocenters. The van der Waals surface area contributed by atoms with Crippen LogP contribution in [0.25, 0.3) is 0 Å². The van der Waals surface area contributed by atoms with Gasteiger partial charge in [-0.2, -0.15) is 0 Å². The van der Waals surface area contributed by atoms with Crippen LogP contribution in [0.5, 0.6) is 0 Å². The summed E-state index contributed by atoms with van der Waals surface area (Å²) in [6.45, 7) is 6.24. The third-order valence-corrected chi connectivity index (χ3v) is 2.34. The Morgan fingerprint density at radius 1 is 1.24 bits per heavy atom. The highest BCUT2D eigenvalue weighted by molar-refractivity contribution is 5.72. The second-order valence-corrected chi connectivity index (χ2v) is 4.96. The maximum atomic E-state index is 11.3. The molecule has 0 aliphatic rings. The van der Waals surface area contributed by atoms with Gasteiger partial charge in [-0.05, 0) is 38.3 Å². The SMILES string of the molecule is CCOC(=O)Cc1ccc(CC(C)(C)N)cc1. The van der Waals surface area contributed by atoms with E-state index < -0.39 is 0 Å². The molecule has 0 saturated carbocycles. The van der Waals surface area contributed by atoms with E-state index in [-0.39, 0.29) is 11.5 Å². The van der Waals surface area contributed by atoms with Crippen molar-refractivity contribution < 1.29 is 9.53 Å². The number of carbonyl (C=O) groups excluding carboxylic acids is 1. The van der Waals surface area contributed by atoms with Crippen molar-refractivity contribution in [2.75, 3.05) is 6.61 Å². The van der Waals surface area contributed by atoms with Gasteiger partial charge in [-0.3, -0.25) is 4.79 Å². The zero-order valence-corrected chi connectivity index (χ0v) is 10.8. The normalized spacial score (nSPS) is 11.3. The smallest absolute Gasteiger partial charge is 0.310 e. The molecular formula is C14H21NO2. The van der Waals surface area contributed by atoms with Crippen LogP contribution in [0.2, 0.25) is 0 Å². The lowest BCUT2D eigenvalue weighted by molar-refractivity contribution is -0.142. The molecule has 0 unspecified atom stereocenters. The van der Waals surface area contributed by atoms with E-state index in [9.17, 15) is 4.79 Å². The van der Waals surface area contributed by atoms with Crippen LogP contribution in [0, 0.1) is 0 Å². The summed E-state index contributed by atoms with van der Waals surface area (Å²) < 4.78 is 4.90. The summed E-state index contributed by atoms with van der Waals surface area (Å²) in [6.07, 6.45) is 1.16. The Balaban J connectivity index is 2.59. The fraction of sp³-hybridized carbons (Fsp3) is 0.500. The van der Waals surface area contributed by atoms with Crippen molar-refractivity contribution in [1.82, 2.24) is 0 Å². The predicted molar refractivity (Wildman–Crippen MR) is 68.7 cm³/mol. The van der Waals surface area contributed by atoms with Gasteiger partial charge in [0.2, 0.25) is 0 Å². The Labute approximate surface area is 103 Å². The van der Waals surface area contributed by atoms with Crippen molar-refractivity contribution in [3.63, 3.8) is 0 Å². The summed E-state index contributed by atoms with van der Waals surface area (Å²) in [5.41, 5.74) is 7.91. The van der Waals surface area contributed by atoms with Crippen LogP contribution in [-0.4, -0.2) is 18.1 Å². The molecule has 0 radical (unpaired) electrons. The lowest BCUT2D eigenvalue weighted by Gasteiger charge is -2.18. The molecule has 0 saturated heterocycles. The molecule has 0 aliphatic carbocycles. The molecule has 0 bridgehead atoms. The van der Waals surface area contributed by atoms with Gasteiger partial charge in [0.15, 0.2) is 0 Å². The average molecular weight is 235 g/mol. The van der Waals surface area contributed by atoms with E-state index in [0.29, 0.717) is 13.0 Å². The van der Waals surface area contributed by atoms with E-state index >= 15 is 0 Å². The fourth-order valence-corrected chi connectivity index (χ4v) is 1.68. The number of hydrogen-bond acceptors (Lipinski definition) is 3. The van der Waals surface area contributed by atoms with E-state index in [1.807, 2.05) is 45.0 Å². The Kier molecular flexibility index (Phi) is 4.70. The van der Waals surface area contributed by atoms with Gasteiger partial charge in [-0.1, -0.05) is 24.3 Å². The van der Waals surface area contributed by atoms with Crippen LogP contribution in [0.15, 0.2) is 24.3 Å². The number of benzene rings is 1. The van der Waals surface area contributed by atoms with Crippen LogP contribution in [0.3, 0.4) is 0 Å². The number of nitrogens with two attached hydrogens (primary N) is 1. The fourth-order valence-electron chi connectivity index (χ4n) is 1.68. The summed E-state index contributed by atoms with van der Waals surface area (Å²) >= 11 is 0. The van der Waals surface area contributed by atoms with E-state index in [4.69, 9.17) is 10.5 Å². The molecular weight excluding hydrogens is 214 g/mol. The molecule has 17 heavy (non-hydrogen) atoms. The van der Waals surface area contributed by atoms with Crippen molar-refractivity contribution in [3.8, 4) is 0 Å². The maximum Gasteiger partial charge on any atom is 0.310 e. The minimum atomic E-state index is -0.206. The van der Waals surface area contributed by atoms with Gasteiger partial charge in [-0.25, -0.2) is 0 Å². The van der Waals surface area contributed by atoms with E-state index in [2.05, 4.69) is 0 Å². The predicted octanol–water partition coefficient (Wildman–Crippen LogP) is 2.07. The molecule has 0 heterocycles. The van der Waals surface area contributed by atoms with Gasteiger partial charge in [-0.15, -0.1) is 0 Å². The first-order valence-corrected chi connectivity index (χ1v) is 5.93. The number of rotatable bonds is 5. The Morgan fingerprint density at radius 2 is 1.76 bits per heavy atom. The van der Waals surface area contributed by atoms with E-state index in [1.165, 1.54) is 5.56 Å². The van der Waals surface area contributed by atoms with Crippen molar-refractivity contribution in [1.29, 1.82) is 0 Å². The molecule has 3 nitrogen and oxygen atoms in total. The molecule has 94 valence electrons. The lowest BCUT2D eigenvalue weighted by atomic mass is 9.95. The summed E-state index contributed by atoms with van der Waals surface area (Å²) in [5, 5.41) is 0. The third-order valence-electron chi connectivity index (χ3n) is 2.34. The van der Waals surface area contributed by atoms with Crippen LogP contribution in [0.1, 0.15) is 31.9 Å². The Hall–Kier alpha value is -1.35. The van der Waals surface area contributed by atoms with Gasteiger partial charge < -0.3 is 10.5 Å². The van der Waals surface area contributed by atoms with E-state index in [0.717, 1.165) is 12.0 Å². The number of hydrogen-bond donors (Lipinski definition) is 1. The molecule has 0 aliphatic heterocycles. The molecule has 1 aromatic rings. The number of ether oxygens (including phenoxy) is 1. The van der Waals surface area contributed by atoms with Crippen LogP contribution in [0.4, 0.5) is 0 Å². The van der Waals surface area contributed by atoms with Crippen LogP contribution < -0.4 is 5.73 Å². The molecule has 1 rings (SSSR count). The third kappa shape index (κ3) is 5.50. The second-order valence-electron chi connectivity index (χ2n) is 4.96. The zero-order valence-electron chi connectivity index (χ0n) is 10.8. The summed E-state index contributed by atoms with van der Waals surface area (Å²) in [6, 6.07) is 7.95. The van der Waals surface area contributed by atoms with Crippen molar-refractivity contribution in [2.45, 2.75) is 39.2 Å². The minimum absolute atomic E-state index is 0.181. The number of carbonyl (C=O) groups is 1. The highest BCUT2D eigenvalue weighted by Gasteiger charge is 2.11. The van der Waals surface area contributed by atoms with E-state index in [1.54, 1.807) is 0 Å². The molecule has 0 aromatic heterocycles. The van der Waals surface area contributed by atoms with Crippen molar-refractivity contribution in [3.05, 3.63) is 35.4 Å². The average Bonchev–Trinajstić information content (AvgIpc) is 2.19. The number of esters is 1. The summed E-state index contributed by atoms with van der Waals surface area (Å²) in [4.78, 5) is 11.3. The van der Waals surface area contributed by atoms with Gasteiger partial charge in [0.1, 0.15) is 0 Å². The molecule has 0 fully saturated rings. The molecule has 2 N–H and O–H groups in total. The van der Waals surface area contributed by atoms with Gasteiger partial charge in [0.05, 0.1) is 13.0 Å². The summed E-state index contributed by atoms with van der Waals surface area (Å²) in [7, 11) is 0. The minimum Gasteiger partial charge on any atom is -0.466 e. The zero-order chi connectivity index (χ0) is 12.9. The Morgan fingerprint density at radius 3 is 2.24 bits per heavy atom. The van der Waals surface area contributed by atoms with Gasteiger partial charge >= 0.3 is 5.97 Å². The van der Waals surface area contributed by atoms with Crippen LogP contribution >= 0.6 is 0 Å². The first-order chi connectivity index (χ1) is 7.90. The summed E-state index contributed by atoms with van der Waals surface area (Å²) in [5.74, 6) is -0.181. The van der Waals surface area contributed by atoms with Gasteiger partial charge in [0.25, 0.3) is 0 Å². The van der Waals surface area contributed by atoms with Gasteiger partial charge in [0, 0.05) is 5.54 Å². The Bertz CT molecular complexity index is 363. The lowest BCUT2D eigenvalue weighted by Crippen LogP contribution is -2.34. The first kappa shape index (κ1) is 13.7. The quantitative estimate of drug-likeness (QED) is 0.795. The molecule has 0 amide bonds. The topological polar surface area (TPSA) is 52.3 Å². The van der Waals surface area contributed by atoms with Crippen molar-refractivity contribution >= 4 is 5.97 Å². The largest absolute Gasteiger partial charge is 0.466 e. The highest BCUT2D eigenvalue weighted by atomic mass is 16.5. The second kappa shape index (κ2) is 5.82. The highest BCUT2D eigenvalue weighted by Crippen LogP contribution is 2.12. The van der Waals surface area contributed by atoms with Crippen LogP contribution in [-0.2, 0) is 22.4 Å². The first-order valence-electron chi connectivity index (χ1n) is 5.93. The maximum absolute atomic E-state index is 11.3. The van der Waals surface area contributed by atoms with Crippen molar-refractivity contribution in [2.24, 2.45) is 5.73 Å². The monoisotopic (exact) mass is 235 g/mol.